The van der Waals surface area contributed by atoms with Gasteiger partial charge in [0.25, 0.3) is 0 Å². The highest BCUT2D eigenvalue weighted by atomic mass is 16.5. The Balaban J connectivity index is 2.05. The molecule has 4 heteroatoms. The maximum Gasteiger partial charge on any atom is 0.326 e. The van der Waals surface area contributed by atoms with Gasteiger partial charge in [0.05, 0.1) is 7.11 Å². The Morgan fingerprint density at radius 2 is 2.11 bits per heavy atom. The number of likely N-dealkylation sites (tertiary alicyclic amines) is 1. The number of esters is 1. The maximum absolute atomic E-state index is 12.0. The average Bonchev–Trinajstić information content (AvgIpc) is 2.76. The molecule has 1 saturated carbocycles. The molecule has 0 aromatic rings. The molecule has 19 heavy (non-hydrogen) atoms. The Morgan fingerprint density at radius 3 is 2.79 bits per heavy atom. The van der Waals surface area contributed by atoms with Crippen molar-refractivity contribution in [2.75, 3.05) is 20.7 Å². The molecular formula is C15H28N2O2. The summed E-state index contributed by atoms with van der Waals surface area (Å²) < 4.78 is 5.00. The number of rotatable bonds is 3. The van der Waals surface area contributed by atoms with Crippen molar-refractivity contribution in [1.82, 2.24) is 10.2 Å². The zero-order valence-electron chi connectivity index (χ0n) is 12.6. The lowest BCUT2D eigenvalue weighted by Crippen LogP contribution is -2.51. The first-order chi connectivity index (χ1) is 9.13. The number of hydrogen-bond donors (Lipinski definition) is 1. The molecule has 3 atom stereocenters. The lowest BCUT2D eigenvalue weighted by Gasteiger charge is -2.34. The van der Waals surface area contributed by atoms with Crippen LogP contribution in [0.3, 0.4) is 0 Å². The normalized spacial score (nSPS) is 37.0. The van der Waals surface area contributed by atoms with Gasteiger partial charge in [0.15, 0.2) is 0 Å². The largest absolute Gasteiger partial charge is 0.468 e. The fourth-order valence-electron chi connectivity index (χ4n) is 3.85. The topological polar surface area (TPSA) is 41.6 Å². The molecular weight excluding hydrogens is 240 g/mol. The number of nitrogens with zero attached hydrogens (tertiary/aromatic N) is 1. The van der Waals surface area contributed by atoms with Gasteiger partial charge in [0.2, 0.25) is 0 Å². The van der Waals surface area contributed by atoms with Crippen LogP contribution in [-0.2, 0) is 9.53 Å². The predicted molar refractivity (Wildman–Crippen MR) is 76.1 cm³/mol. The van der Waals surface area contributed by atoms with Gasteiger partial charge in [-0.1, -0.05) is 12.8 Å². The number of carbonyl (C=O) groups is 1. The van der Waals surface area contributed by atoms with Crippen LogP contribution in [-0.4, -0.2) is 49.2 Å². The van der Waals surface area contributed by atoms with Crippen LogP contribution >= 0.6 is 0 Å². The summed E-state index contributed by atoms with van der Waals surface area (Å²) in [7, 11) is 3.37. The summed E-state index contributed by atoms with van der Waals surface area (Å²) in [5.41, 5.74) is -0.453. The molecule has 0 spiro atoms. The number of likely N-dealkylation sites (N-methyl/N-ethyl adjacent to an activating group) is 1. The van der Waals surface area contributed by atoms with Crippen LogP contribution in [0.5, 0.6) is 0 Å². The van der Waals surface area contributed by atoms with Crippen molar-refractivity contribution in [1.29, 1.82) is 0 Å². The quantitative estimate of drug-likeness (QED) is 0.794. The standard InChI is InChI=1S/C15H28N2O2/c1-12-7-5-4-6-10-17(12)13-8-9-15(11-13,16-2)14(18)19-3/h12-13,16H,4-11H2,1-3H3. The maximum atomic E-state index is 12.0. The number of hydrogen-bond acceptors (Lipinski definition) is 4. The van der Waals surface area contributed by atoms with E-state index in [-0.39, 0.29) is 5.97 Å². The summed E-state index contributed by atoms with van der Waals surface area (Å²) in [6.45, 7) is 3.52. The number of carbonyl (C=O) groups excluding carboxylic acids is 1. The monoisotopic (exact) mass is 268 g/mol. The van der Waals surface area contributed by atoms with Gasteiger partial charge in [-0.2, -0.15) is 0 Å². The molecule has 110 valence electrons. The fraction of sp³-hybridized carbons (Fsp3) is 0.933. The first-order valence-corrected chi connectivity index (χ1v) is 7.66. The van der Waals surface area contributed by atoms with E-state index in [0.717, 1.165) is 19.3 Å². The van der Waals surface area contributed by atoms with Crippen molar-refractivity contribution in [3.05, 3.63) is 0 Å². The summed E-state index contributed by atoms with van der Waals surface area (Å²) in [6.07, 6.45) is 8.16. The van der Waals surface area contributed by atoms with Crippen molar-refractivity contribution in [2.45, 2.75) is 69.5 Å². The second-order valence-corrected chi connectivity index (χ2v) is 6.16. The lowest BCUT2D eigenvalue weighted by atomic mass is 9.97. The molecule has 0 aromatic carbocycles. The second-order valence-electron chi connectivity index (χ2n) is 6.16. The minimum Gasteiger partial charge on any atom is -0.468 e. The van der Waals surface area contributed by atoms with Gasteiger partial charge in [-0.3, -0.25) is 9.69 Å². The molecule has 0 bridgehead atoms. The predicted octanol–water partition coefficient (Wildman–Crippen LogP) is 1.93. The van der Waals surface area contributed by atoms with Gasteiger partial charge in [-0.15, -0.1) is 0 Å². The van der Waals surface area contributed by atoms with Crippen LogP contribution in [0.15, 0.2) is 0 Å². The van der Waals surface area contributed by atoms with Crippen molar-refractivity contribution < 1.29 is 9.53 Å². The molecule has 0 aromatic heterocycles. The Labute approximate surface area is 116 Å². The van der Waals surface area contributed by atoms with Crippen LogP contribution in [0, 0.1) is 0 Å². The number of methoxy groups -OCH3 is 1. The van der Waals surface area contributed by atoms with E-state index in [0.29, 0.717) is 12.1 Å². The van der Waals surface area contributed by atoms with Gasteiger partial charge in [0.1, 0.15) is 5.54 Å². The molecule has 2 rings (SSSR count). The highest BCUT2D eigenvalue weighted by Gasteiger charge is 2.47. The van der Waals surface area contributed by atoms with E-state index in [4.69, 9.17) is 4.74 Å². The van der Waals surface area contributed by atoms with Gasteiger partial charge in [0, 0.05) is 12.1 Å². The first-order valence-electron chi connectivity index (χ1n) is 7.66. The van der Waals surface area contributed by atoms with Crippen LogP contribution in [0.1, 0.15) is 51.9 Å². The van der Waals surface area contributed by atoms with E-state index in [9.17, 15) is 4.79 Å². The number of nitrogens with one attached hydrogen (secondary N) is 1. The van der Waals surface area contributed by atoms with E-state index in [1.165, 1.54) is 39.3 Å². The Kier molecular flexibility index (Phi) is 4.85. The molecule has 2 fully saturated rings. The molecule has 1 saturated heterocycles. The van der Waals surface area contributed by atoms with Gasteiger partial charge >= 0.3 is 5.97 Å². The van der Waals surface area contributed by atoms with Crippen molar-refractivity contribution in [2.24, 2.45) is 0 Å². The van der Waals surface area contributed by atoms with E-state index in [1.807, 2.05) is 7.05 Å². The molecule has 1 aliphatic carbocycles. The Morgan fingerprint density at radius 1 is 1.32 bits per heavy atom. The highest BCUT2D eigenvalue weighted by molar-refractivity contribution is 5.81. The zero-order chi connectivity index (χ0) is 13.9. The molecule has 1 N–H and O–H groups in total. The van der Waals surface area contributed by atoms with E-state index < -0.39 is 5.54 Å². The van der Waals surface area contributed by atoms with Crippen LogP contribution in [0.25, 0.3) is 0 Å². The third kappa shape index (κ3) is 2.95. The second kappa shape index (κ2) is 6.23. The van der Waals surface area contributed by atoms with E-state index >= 15 is 0 Å². The number of ether oxygens (including phenoxy) is 1. The first kappa shape index (κ1) is 14.8. The van der Waals surface area contributed by atoms with Crippen LogP contribution in [0.2, 0.25) is 0 Å². The van der Waals surface area contributed by atoms with Gasteiger partial charge < -0.3 is 10.1 Å². The summed E-state index contributed by atoms with van der Waals surface area (Å²) >= 11 is 0. The molecule has 0 amide bonds. The van der Waals surface area contributed by atoms with E-state index in [2.05, 4.69) is 17.1 Å². The molecule has 1 aliphatic heterocycles. The van der Waals surface area contributed by atoms with Crippen LogP contribution in [0.4, 0.5) is 0 Å². The smallest absolute Gasteiger partial charge is 0.326 e. The summed E-state index contributed by atoms with van der Waals surface area (Å²) in [4.78, 5) is 14.7. The third-order valence-electron chi connectivity index (χ3n) is 5.12. The average molecular weight is 268 g/mol. The molecule has 2 aliphatic rings. The molecule has 0 radical (unpaired) electrons. The Bertz CT molecular complexity index is 321. The third-order valence-corrected chi connectivity index (χ3v) is 5.12. The molecule has 3 unspecified atom stereocenters. The van der Waals surface area contributed by atoms with Crippen LogP contribution < -0.4 is 5.32 Å². The van der Waals surface area contributed by atoms with E-state index in [1.54, 1.807) is 0 Å². The fourth-order valence-corrected chi connectivity index (χ4v) is 3.85. The summed E-state index contributed by atoms with van der Waals surface area (Å²) in [5.74, 6) is -0.0972. The minimum atomic E-state index is -0.453. The molecule has 4 nitrogen and oxygen atoms in total. The summed E-state index contributed by atoms with van der Waals surface area (Å²) in [6, 6.07) is 1.18. The summed E-state index contributed by atoms with van der Waals surface area (Å²) in [5, 5.41) is 3.23. The highest BCUT2D eigenvalue weighted by Crippen LogP contribution is 2.36. The lowest BCUT2D eigenvalue weighted by molar-refractivity contribution is -0.148. The van der Waals surface area contributed by atoms with Crippen molar-refractivity contribution in [3.8, 4) is 0 Å². The van der Waals surface area contributed by atoms with Crippen molar-refractivity contribution in [3.63, 3.8) is 0 Å². The van der Waals surface area contributed by atoms with Gasteiger partial charge in [-0.25, -0.2) is 0 Å². The SMILES string of the molecule is CNC1(C(=O)OC)CCC(N2CCCCCC2C)C1. The molecule has 1 heterocycles. The Hall–Kier alpha value is -0.610. The minimum absolute atomic E-state index is 0.0972. The van der Waals surface area contributed by atoms with Crippen molar-refractivity contribution >= 4 is 5.97 Å². The van der Waals surface area contributed by atoms with Gasteiger partial charge in [-0.05, 0) is 52.6 Å². The zero-order valence-corrected chi connectivity index (χ0v) is 12.6.